The minimum atomic E-state index is -0.156. The third kappa shape index (κ3) is 6.47. The highest BCUT2D eigenvalue weighted by atomic mass is 16.7. The minimum Gasteiger partial charge on any atom is -0.454 e. The number of nitrogens with zero attached hydrogens (tertiary/aromatic N) is 1. The first-order valence-electron chi connectivity index (χ1n) is 12.8. The SMILES string of the molecule is CC(NC/C=C/c1ccccc1)C(Cc1cc(C(=O)Nc2ccccc2)ccn1)c1ccc2c(c1)OCO2. The summed E-state index contributed by atoms with van der Waals surface area (Å²) >= 11 is 0. The summed E-state index contributed by atoms with van der Waals surface area (Å²) in [4.78, 5) is 17.5. The third-order valence-corrected chi connectivity index (χ3v) is 6.64. The zero-order valence-electron chi connectivity index (χ0n) is 21.3. The molecule has 0 spiro atoms. The molecule has 1 aliphatic rings. The summed E-state index contributed by atoms with van der Waals surface area (Å²) in [6.07, 6.45) is 6.61. The van der Waals surface area contributed by atoms with Crippen molar-refractivity contribution in [3.05, 3.63) is 126 Å². The molecular weight excluding hydrogens is 474 g/mol. The second-order valence-electron chi connectivity index (χ2n) is 9.29. The third-order valence-electron chi connectivity index (χ3n) is 6.64. The van der Waals surface area contributed by atoms with Crippen molar-refractivity contribution in [2.75, 3.05) is 18.7 Å². The number of anilines is 1. The number of ether oxygens (including phenoxy) is 2. The van der Waals surface area contributed by atoms with Gasteiger partial charge in [-0.2, -0.15) is 0 Å². The van der Waals surface area contributed by atoms with Crippen LogP contribution >= 0.6 is 0 Å². The molecule has 0 bridgehead atoms. The molecule has 38 heavy (non-hydrogen) atoms. The fourth-order valence-electron chi connectivity index (χ4n) is 4.56. The number of carbonyl (C=O) groups excluding carboxylic acids is 1. The number of carbonyl (C=O) groups is 1. The normalized spacial score (nSPS) is 13.8. The van der Waals surface area contributed by atoms with Crippen molar-refractivity contribution in [1.82, 2.24) is 10.3 Å². The van der Waals surface area contributed by atoms with Crippen LogP contribution in [0.25, 0.3) is 6.08 Å². The number of fused-ring (bicyclic) bond motifs is 1. The molecule has 1 aliphatic heterocycles. The van der Waals surface area contributed by atoms with E-state index in [4.69, 9.17) is 9.47 Å². The monoisotopic (exact) mass is 505 g/mol. The predicted octanol–water partition coefficient (Wildman–Crippen LogP) is 6.08. The standard InChI is InChI=1S/C32H31N3O3/c1-23(33-17-8-11-24-9-4-2-5-10-24)29(25-14-15-30-31(20-25)38-22-37-30)21-28-19-26(16-18-34-28)32(36)35-27-12-6-3-7-13-27/h2-16,18-20,23,29,33H,17,21-22H2,1H3,(H,35,36)/b11-8+. The van der Waals surface area contributed by atoms with Gasteiger partial charge in [-0.15, -0.1) is 0 Å². The minimum absolute atomic E-state index is 0.0922. The summed E-state index contributed by atoms with van der Waals surface area (Å²) in [7, 11) is 0. The number of pyridine rings is 1. The summed E-state index contributed by atoms with van der Waals surface area (Å²) in [5.41, 5.74) is 4.48. The zero-order chi connectivity index (χ0) is 26.2. The van der Waals surface area contributed by atoms with Gasteiger partial charge in [0.2, 0.25) is 6.79 Å². The fourth-order valence-corrected chi connectivity index (χ4v) is 4.56. The van der Waals surface area contributed by atoms with E-state index in [0.717, 1.165) is 35.0 Å². The topological polar surface area (TPSA) is 72.5 Å². The highest BCUT2D eigenvalue weighted by Crippen LogP contribution is 2.36. The average molecular weight is 506 g/mol. The Labute approximate surface area is 223 Å². The van der Waals surface area contributed by atoms with Crippen LogP contribution in [-0.4, -0.2) is 30.3 Å². The second-order valence-corrected chi connectivity index (χ2v) is 9.29. The predicted molar refractivity (Wildman–Crippen MR) is 151 cm³/mol. The van der Waals surface area contributed by atoms with E-state index in [-0.39, 0.29) is 24.7 Å². The van der Waals surface area contributed by atoms with Crippen LogP contribution in [0.15, 0.2) is 103 Å². The largest absolute Gasteiger partial charge is 0.454 e. The number of rotatable bonds is 10. The molecule has 0 radical (unpaired) electrons. The van der Waals surface area contributed by atoms with Crippen molar-refractivity contribution in [3.63, 3.8) is 0 Å². The van der Waals surface area contributed by atoms with E-state index < -0.39 is 0 Å². The maximum atomic E-state index is 12.9. The molecule has 0 fully saturated rings. The Morgan fingerprint density at radius 1 is 0.947 bits per heavy atom. The molecule has 6 heteroatoms. The summed E-state index contributed by atoms with van der Waals surface area (Å²) in [5, 5.41) is 6.60. The summed E-state index contributed by atoms with van der Waals surface area (Å²) in [5.74, 6) is 1.45. The van der Waals surface area contributed by atoms with Crippen molar-refractivity contribution in [2.24, 2.45) is 0 Å². The Hall–Kier alpha value is -4.42. The number of benzene rings is 3. The molecular formula is C32H31N3O3. The molecule has 1 aromatic heterocycles. The van der Waals surface area contributed by atoms with Crippen LogP contribution in [0.5, 0.6) is 11.5 Å². The van der Waals surface area contributed by atoms with Crippen molar-refractivity contribution in [2.45, 2.75) is 25.3 Å². The van der Waals surface area contributed by atoms with E-state index >= 15 is 0 Å². The van der Waals surface area contributed by atoms with Gasteiger partial charge in [0.05, 0.1) is 0 Å². The average Bonchev–Trinajstić information content (AvgIpc) is 3.43. The van der Waals surface area contributed by atoms with Crippen LogP contribution in [0.4, 0.5) is 5.69 Å². The van der Waals surface area contributed by atoms with Gasteiger partial charge in [0.25, 0.3) is 5.91 Å². The van der Waals surface area contributed by atoms with E-state index in [1.165, 1.54) is 5.56 Å². The molecule has 2 N–H and O–H groups in total. The first-order valence-corrected chi connectivity index (χ1v) is 12.8. The number of amides is 1. The van der Waals surface area contributed by atoms with E-state index in [9.17, 15) is 4.79 Å². The molecule has 1 amide bonds. The smallest absolute Gasteiger partial charge is 0.255 e. The maximum absolute atomic E-state index is 12.9. The van der Waals surface area contributed by atoms with Crippen LogP contribution in [0, 0.1) is 0 Å². The first kappa shape index (κ1) is 25.2. The molecule has 0 aliphatic carbocycles. The molecule has 3 aromatic carbocycles. The number of aromatic nitrogens is 1. The second kappa shape index (κ2) is 12.2. The van der Waals surface area contributed by atoms with E-state index in [2.05, 4.69) is 59.0 Å². The van der Waals surface area contributed by atoms with Gasteiger partial charge in [-0.1, -0.05) is 66.7 Å². The fraction of sp³-hybridized carbons (Fsp3) is 0.188. The highest BCUT2D eigenvalue weighted by Gasteiger charge is 2.24. The summed E-state index contributed by atoms with van der Waals surface area (Å²) < 4.78 is 11.2. The van der Waals surface area contributed by atoms with Gasteiger partial charge in [0, 0.05) is 41.6 Å². The van der Waals surface area contributed by atoms with Crippen LogP contribution < -0.4 is 20.1 Å². The van der Waals surface area contributed by atoms with E-state index in [0.29, 0.717) is 12.0 Å². The number of hydrogen-bond donors (Lipinski definition) is 2. The Balaban J connectivity index is 1.32. The van der Waals surface area contributed by atoms with E-state index in [1.54, 1.807) is 12.3 Å². The van der Waals surface area contributed by atoms with Gasteiger partial charge in [0.15, 0.2) is 11.5 Å². The Bertz CT molecular complexity index is 1390. The van der Waals surface area contributed by atoms with Gasteiger partial charge >= 0.3 is 0 Å². The molecule has 0 saturated carbocycles. The van der Waals surface area contributed by atoms with Crippen molar-refractivity contribution in [3.8, 4) is 11.5 Å². The quantitative estimate of drug-likeness (QED) is 0.273. The molecule has 6 nitrogen and oxygen atoms in total. The molecule has 2 unspecified atom stereocenters. The van der Waals surface area contributed by atoms with Crippen molar-refractivity contribution < 1.29 is 14.3 Å². The number of para-hydroxylation sites is 1. The lowest BCUT2D eigenvalue weighted by atomic mass is 9.87. The van der Waals surface area contributed by atoms with Crippen molar-refractivity contribution >= 4 is 17.7 Å². The Morgan fingerprint density at radius 2 is 1.71 bits per heavy atom. The molecule has 0 saturated heterocycles. The van der Waals surface area contributed by atoms with E-state index in [1.807, 2.05) is 60.7 Å². The van der Waals surface area contributed by atoms with Crippen LogP contribution in [0.2, 0.25) is 0 Å². The molecule has 2 heterocycles. The lowest BCUT2D eigenvalue weighted by Crippen LogP contribution is -2.33. The first-order chi connectivity index (χ1) is 18.7. The summed E-state index contributed by atoms with van der Waals surface area (Å²) in [6.45, 7) is 3.14. The molecule has 5 rings (SSSR count). The van der Waals surface area contributed by atoms with Gasteiger partial charge in [-0.3, -0.25) is 9.78 Å². The molecule has 2 atom stereocenters. The summed E-state index contributed by atoms with van der Waals surface area (Å²) in [6, 6.07) is 29.6. The van der Waals surface area contributed by atoms with Crippen molar-refractivity contribution in [1.29, 1.82) is 0 Å². The molecule has 192 valence electrons. The van der Waals surface area contributed by atoms with Crippen LogP contribution in [-0.2, 0) is 6.42 Å². The highest BCUT2D eigenvalue weighted by molar-refractivity contribution is 6.04. The van der Waals surface area contributed by atoms with Gasteiger partial charge < -0.3 is 20.1 Å². The van der Waals surface area contributed by atoms with Gasteiger partial charge in [0.1, 0.15) is 0 Å². The van der Waals surface area contributed by atoms with Crippen LogP contribution in [0.3, 0.4) is 0 Å². The van der Waals surface area contributed by atoms with Gasteiger partial charge in [-0.05, 0) is 60.9 Å². The van der Waals surface area contributed by atoms with Gasteiger partial charge in [-0.25, -0.2) is 0 Å². The lowest BCUT2D eigenvalue weighted by Gasteiger charge is -2.25. The Morgan fingerprint density at radius 3 is 2.53 bits per heavy atom. The zero-order valence-corrected chi connectivity index (χ0v) is 21.3. The molecule has 4 aromatic rings. The number of nitrogens with one attached hydrogen (secondary N) is 2. The maximum Gasteiger partial charge on any atom is 0.255 e. The van der Waals surface area contributed by atoms with Crippen LogP contribution in [0.1, 0.15) is 40.0 Å². The number of hydrogen-bond acceptors (Lipinski definition) is 5. The lowest BCUT2D eigenvalue weighted by molar-refractivity contribution is 0.102. The Kier molecular flexibility index (Phi) is 8.11.